The minimum atomic E-state index is -1.28. The van der Waals surface area contributed by atoms with Gasteiger partial charge in [0.1, 0.15) is 0 Å². The number of aliphatic carboxylic acids is 1. The summed E-state index contributed by atoms with van der Waals surface area (Å²) in [5, 5.41) is 16.0. The van der Waals surface area contributed by atoms with E-state index < -0.39 is 18.0 Å². The predicted molar refractivity (Wildman–Crippen MR) is 70.2 cm³/mol. The Balaban J connectivity index is 2.58. The van der Waals surface area contributed by atoms with Gasteiger partial charge < -0.3 is 20.5 Å². The highest BCUT2D eigenvalue weighted by Crippen LogP contribution is 2.10. The fourth-order valence-corrected chi connectivity index (χ4v) is 1.70. The third kappa shape index (κ3) is 4.62. The third-order valence-corrected chi connectivity index (χ3v) is 2.85. The maximum absolute atomic E-state index is 11.7. The summed E-state index contributed by atoms with van der Waals surface area (Å²) in [6.07, 6.45) is 0. The lowest BCUT2D eigenvalue weighted by Gasteiger charge is -2.24. The Morgan fingerprint density at radius 3 is 2.11 bits per heavy atom. The number of carboxylic acid groups (broad SMARTS) is 1. The van der Waals surface area contributed by atoms with Gasteiger partial charge in [-0.2, -0.15) is 0 Å². The topological polar surface area (TPSA) is 81.3 Å². The van der Waals surface area contributed by atoms with Crippen LogP contribution in [0.4, 0.5) is 4.79 Å². The summed E-state index contributed by atoms with van der Waals surface area (Å²) >= 11 is 0. The molecule has 0 aliphatic carbocycles. The van der Waals surface area contributed by atoms with E-state index in [2.05, 4.69) is 10.6 Å². The molecular weight excluding hydrogens is 244 g/mol. The fourth-order valence-electron chi connectivity index (χ4n) is 1.70. The van der Waals surface area contributed by atoms with Crippen LogP contribution in [0.5, 0.6) is 0 Å². The van der Waals surface area contributed by atoms with Crippen molar-refractivity contribution in [3.05, 3.63) is 35.9 Å². The van der Waals surface area contributed by atoms with Gasteiger partial charge >= 0.3 is 6.03 Å². The van der Waals surface area contributed by atoms with Crippen LogP contribution in [-0.2, 0) is 4.79 Å². The summed E-state index contributed by atoms with van der Waals surface area (Å²) in [7, 11) is 0. The largest absolute Gasteiger partial charge is 0.548 e. The number of urea groups is 1. The quantitative estimate of drug-likeness (QED) is 0.825. The summed E-state index contributed by atoms with van der Waals surface area (Å²) in [6.45, 7) is 5.25. The molecule has 1 rings (SSSR count). The van der Waals surface area contributed by atoms with Crippen LogP contribution in [0.25, 0.3) is 0 Å². The van der Waals surface area contributed by atoms with E-state index in [1.165, 1.54) is 0 Å². The number of carbonyl (C=O) groups is 2. The van der Waals surface area contributed by atoms with Crippen molar-refractivity contribution in [2.45, 2.75) is 32.9 Å². The molecule has 0 aromatic heterocycles. The summed E-state index contributed by atoms with van der Waals surface area (Å²) in [5.74, 6) is -1.51. The Labute approximate surface area is 113 Å². The van der Waals surface area contributed by atoms with E-state index in [0.29, 0.717) is 0 Å². The van der Waals surface area contributed by atoms with Crippen molar-refractivity contribution < 1.29 is 14.7 Å². The molecule has 0 saturated heterocycles. The summed E-state index contributed by atoms with van der Waals surface area (Å²) < 4.78 is 0. The van der Waals surface area contributed by atoms with Gasteiger partial charge in [0.05, 0.1) is 18.1 Å². The molecule has 2 atom stereocenters. The second kappa shape index (κ2) is 6.78. The number of hydrogen-bond acceptors (Lipinski definition) is 3. The fraction of sp³-hybridized carbons (Fsp3) is 0.429. The molecule has 1 aromatic carbocycles. The van der Waals surface area contributed by atoms with Gasteiger partial charge in [-0.3, -0.25) is 0 Å². The van der Waals surface area contributed by atoms with Crippen LogP contribution in [0.3, 0.4) is 0 Å². The SMILES string of the molecule is CC(C)[C@H](NC(=O)N[C@@H](C)c1ccccc1)C(=O)[O-]. The zero-order valence-electron chi connectivity index (χ0n) is 11.3. The molecule has 0 fully saturated rings. The van der Waals surface area contributed by atoms with Gasteiger partial charge in [0.2, 0.25) is 0 Å². The van der Waals surface area contributed by atoms with Crippen LogP contribution in [-0.4, -0.2) is 18.0 Å². The average molecular weight is 263 g/mol. The van der Waals surface area contributed by atoms with Crippen molar-refractivity contribution >= 4 is 12.0 Å². The van der Waals surface area contributed by atoms with Gasteiger partial charge in [0.15, 0.2) is 0 Å². The molecule has 5 heteroatoms. The summed E-state index contributed by atoms with van der Waals surface area (Å²) in [4.78, 5) is 22.6. The van der Waals surface area contributed by atoms with E-state index in [9.17, 15) is 14.7 Å². The van der Waals surface area contributed by atoms with Crippen molar-refractivity contribution in [1.82, 2.24) is 10.6 Å². The maximum atomic E-state index is 11.7. The molecular formula is C14H19N2O3-. The number of carboxylic acids is 1. The zero-order chi connectivity index (χ0) is 14.4. The van der Waals surface area contributed by atoms with Crippen LogP contribution in [0.2, 0.25) is 0 Å². The first kappa shape index (κ1) is 15.0. The molecule has 0 bridgehead atoms. The highest BCUT2D eigenvalue weighted by atomic mass is 16.4. The van der Waals surface area contributed by atoms with Gasteiger partial charge in [0.25, 0.3) is 0 Å². The monoisotopic (exact) mass is 263 g/mol. The van der Waals surface area contributed by atoms with Crippen LogP contribution in [0, 0.1) is 5.92 Å². The van der Waals surface area contributed by atoms with E-state index >= 15 is 0 Å². The van der Waals surface area contributed by atoms with E-state index in [1.807, 2.05) is 37.3 Å². The molecule has 2 amide bonds. The Bertz CT molecular complexity index is 432. The van der Waals surface area contributed by atoms with Crippen LogP contribution < -0.4 is 15.7 Å². The Morgan fingerprint density at radius 2 is 1.63 bits per heavy atom. The summed E-state index contributed by atoms with van der Waals surface area (Å²) in [5.41, 5.74) is 0.951. The summed E-state index contributed by atoms with van der Waals surface area (Å²) in [6, 6.07) is 7.72. The smallest absolute Gasteiger partial charge is 0.315 e. The van der Waals surface area contributed by atoms with Crippen LogP contribution in [0.15, 0.2) is 30.3 Å². The average Bonchev–Trinajstić information content (AvgIpc) is 2.36. The lowest BCUT2D eigenvalue weighted by molar-refractivity contribution is -0.309. The molecule has 0 spiro atoms. The van der Waals surface area contributed by atoms with Gasteiger partial charge in [-0.15, -0.1) is 0 Å². The number of amides is 2. The first-order valence-corrected chi connectivity index (χ1v) is 6.24. The van der Waals surface area contributed by atoms with Crippen molar-refractivity contribution in [2.24, 2.45) is 5.92 Å². The molecule has 19 heavy (non-hydrogen) atoms. The molecule has 5 nitrogen and oxygen atoms in total. The Morgan fingerprint density at radius 1 is 1.05 bits per heavy atom. The van der Waals surface area contributed by atoms with E-state index in [4.69, 9.17) is 0 Å². The highest BCUT2D eigenvalue weighted by Gasteiger charge is 2.18. The molecule has 0 aliphatic heterocycles. The van der Waals surface area contributed by atoms with Crippen molar-refractivity contribution in [3.8, 4) is 0 Å². The predicted octanol–water partition coefficient (Wildman–Crippen LogP) is 0.821. The second-order valence-corrected chi connectivity index (χ2v) is 4.79. The number of rotatable bonds is 5. The molecule has 0 saturated carbocycles. The minimum absolute atomic E-state index is 0.198. The zero-order valence-corrected chi connectivity index (χ0v) is 11.3. The van der Waals surface area contributed by atoms with Gasteiger partial charge in [-0.25, -0.2) is 4.79 Å². The van der Waals surface area contributed by atoms with Gasteiger partial charge in [-0.1, -0.05) is 44.2 Å². The molecule has 0 aliphatic rings. The minimum Gasteiger partial charge on any atom is -0.548 e. The lowest BCUT2D eigenvalue weighted by Crippen LogP contribution is -2.53. The van der Waals surface area contributed by atoms with Crippen molar-refractivity contribution in [3.63, 3.8) is 0 Å². The van der Waals surface area contributed by atoms with Gasteiger partial charge in [-0.05, 0) is 18.4 Å². The standard InChI is InChI=1S/C14H20N2O3/c1-9(2)12(13(17)18)16-14(19)15-10(3)11-7-5-4-6-8-11/h4-10,12H,1-3H3,(H,17,18)(H2,15,16,19)/p-1/t10-,12-/m0/s1. The highest BCUT2D eigenvalue weighted by molar-refractivity contribution is 5.81. The molecule has 0 heterocycles. The number of nitrogens with one attached hydrogen (secondary N) is 2. The molecule has 1 aromatic rings. The molecule has 0 radical (unpaired) electrons. The number of benzene rings is 1. The van der Waals surface area contributed by atoms with Crippen molar-refractivity contribution in [1.29, 1.82) is 0 Å². The normalized spacial score (nSPS) is 13.7. The van der Waals surface area contributed by atoms with Crippen molar-refractivity contribution in [2.75, 3.05) is 0 Å². The van der Waals surface area contributed by atoms with E-state index in [-0.39, 0.29) is 12.0 Å². The van der Waals surface area contributed by atoms with E-state index in [0.717, 1.165) is 5.56 Å². The maximum Gasteiger partial charge on any atom is 0.315 e. The Kier molecular flexibility index (Phi) is 5.36. The third-order valence-electron chi connectivity index (χ3n) is 2.85. The van der Waals surface area contributed by atoms with Crippen LogP contribution in [0.1, 0.15) is 32.4 Å². The lowest BCUT2D eigenvalue weighted by atomic mass is 10.1. The molecule has 0 unspecified atom stereocenters. The number of carbonyl (C=O) groups excluding carboxylic acids is 2. The first-order chi connectivity index (χ1) is 8.91. The Hall–Kier alpha value is -2.04. The second-order valence-electron chi connectivity index (χ2n) is 4.79. The van der Waals surface area contributed by atoms with Gasteiger partial charge in [0, 0.05) is 0 Å². The number of hydrogen-bond donors (Lipinski definition) is 2. The van der Waals surface area contributed by atoms with E-state index in [1.54, 1.807) is 13.8 Å². The molecule has 2 N–H and O–H groups in total. The first-order valence-electron chi connectivity index (χ1n) is 6.24. The van der Waals surface area contributed by atoms with Crippen LogP contribution >= 0.6 is 0 Å². The molecule has 104 valence electrons.